The number of nitrogens with zero attached hydrogens (tertiary/aromatic N) is 3. The Morgan fingerprint density at radius 2 is 1.48 bits per heavy atom. The summed E-state index contributed by atoms with van der Waals surface area (Å²) in [6, 6.07) is 24.4. The van der Waals surface area contributed by atoms with Crippen LogP contribution in [0.25, 0.3) is 33.5 Å². The molecule has 0 aliphatic heterocycles. The summed E-state index contributed by atoms with van der Waals surface area (Å²) < 4.78 is 4.31. The van der Waals surface area contributed by atoms with Crippen molar-refractivity contribution in [3.63, 3.8) is 0 Å². The lowest BCUT2D eigenvalue weighted by Crippen LogP contribution is -1.94. The first-order valence-electron chi connectivity index (χ1n) is 7.46. The zero-order valence-electron chi connectivity index (χ0n) is 12.1. The van der Waals surface area contributed by atoms with Crippen molar-refractivity contribution in [2.75, 3.05) is 0 Å². The maximum absolute atomic E-state index is 6.46. The van der Waals surface area contributed by atoms with E-state index in [9.17, 15) is 0 Å². The van der Waals surface area contributed by atoms with Gasteiger partial charge in [-0.05, 0) is 36.4 Å². The molecule has 0 radical (unpaired) electrons. The minimum atomic E-state index is 0.714. The molecule has 5 aromatic rings. The number of fused-ring (bicyclic) bond motifs is 5. The van der Waals surface area contributed by atoms with Crippen LogP contribution < -0.4 is 0 Å². The third-order valence-electron chi connectivity index (χ3n) is 4.19. The van der Waals surface area contributed by atoms with Crippen molar-refractivity contribution in [2.24, 2.45) is 0 Å². The van der Waals surface area contributed by atoms with Gasteiger partial charge in [-0.25, -0.2) is 4.98 Å². The summed E-state index contributed by atoms with van der Waals surface area (Å²) in [5.41, 5.74) is 5.16. The van der Waals surface area contributed by atoms with E-state index in [-0.39, 0.29) is 0 Å². The van der Waals surface area contributed by atoms with Crippen LogP contribution in [0.15, 0.2) is 72.8 Å². The van der Waals surface area contributed by atoms with Gasteiger partial charge in [-0.3, -0.25) is 8.97 Å². The highest BCUT2D eigenvalue weighted by Gasteiger charge is 2.17. The second-order valence-corrected chi connectivity index (χ2v) is 5.92. The number of rotatable bonds is 1. The van der Waals surface area contributed by atoms with Crippen LogP contribution in [0.1, 0.15) is 0 Å². The van der Waals surface area contributed by atoms with Crippen LogP contribution in [0.2, 0.25) is 5.02 Å². The minimum Gasteiger partial charge on any atom is -0.278 e. The van der Waals surface area contributed by atoms with Crippen LogP contribution in [0.5, 0.6) is 0 Å². The molecule has 4 heteroatoms. The molecule has 0 fully saturated rings. The molecule has 0 saturated carbocycles. The van der Waals surface area contributed by atoms with Crippen LogP contribution in [0, 0.1) is 0 Å². The SMILES string of the molecule is Clc1cccc2nc3n(-c4ccccc4)c4ccccc4n3c12. The van der Waals surface area contributed by atoms with Gasteiger partial charge in [-0.1, -0.05) is 48.0 Å². The van der Waals surface area contributed by atoms with Crippen LogP contribution >= 0.6 is 11.6 Å². The molecule has 5 rings (SSSR count). The van der Waals surface area contributed by atoms with Gasteiger partial charge in [0.1, 0.15) is 0 Å². The quantitative estimate of drug-likeness (QED) is 0.422. The number of halogens is 1. The Hall–Kier alpha value is -2.78. The van der Waals surface area contributed by atoms with Crippen molar-refractivity contribution >= 4 is 39.4 Å². The monoisotopic (exact) mass is 317 g/mol. The molecule has 0 atom stereocenters. The molecule has 23 heavy (non-hydrogen) atoms. The summed E-state index contributed by atoms with van der Waals surface area (Å²) in [5, 5.41) is 0.714. The van der Waals surface area contributed by atoms with Gasteiger partial charge in [0.05, 0.1) is 27.1 Å². The van der Waals surface area contributed by atoms with Gasteiger partial charge >= 0.3 is 0 Å². The number of para-hydroxylation sites is 4. The smallest absolute Gasteiger partial charge is 0.220 e. The average Bonchev–Trinajstić information content (AvgIpc) is 3.10. The van der Waals surface area contributed by atoms with Crippen molar-refractivity contribution in [2.45, 2.75) is 0 Å². The number of hydrogen-bond acceptors (Lipinski definition) is 1. The summed E-state index contributed by atoms with van der Waals surface area (Å²) in [4.78, 5) is 4.83. The number of aromatic nitrogens is 3. The standard InChI is InChI=1S/C19H12ClN3/c20-14-9-6-10-15-18(14)23-17-12-5-4-11-16(17)22(19(23)21-15)13-7-2-1-3-8-13/h1-12H. The van der Waals surface area contributed by atoms with Crippen molar-refractivity contribution in [3.8, 4) is 5.69 Å². The molecule has 3 nitrogen and oxygen atoms in total. The fourth-order valence-electron chi connectivity index (χ4n) is 3.23. The van der Waals surface area contributed by atoms with Crippen LogP contribution in [-0.4, -0.2) is 14.0 Å². The highest BCUT2D eigenvalue weighted by Crippen LogP contribution is 2.31. The summed E-state index contributed by atoms with van der Waals surface area (Å²) in [7, 11) is 0. The summed E-state index contributed by atoms with van der Waals surface area (Å²) in [5.74, 6) is 0.875. The van der Waals surface area contributed by atoms with E-state index >= 15 is 0 Å². The second kappa shape index (κ2) is 4.61. The van der Waals surface area contributed by atoms with Crippen molar-refractivity contribution in [3.05, 3.63) is 77.8 Å². The van der Waals surface area contributed by atoms with Crippen molar-refractivity contribution in [1.82, 2.24) is 14.0 Å². The van der Waals surface area contributed by atoms with Gasteiger partial charge in [0.2, 0.25) is 5.78 Å². The lowest BCUT2D eigenvalue weighted by atomic mass is 10.2. The fraction of sp³-hybridized carbons (Fsp3) is 0. The van der Waals surface area contributed by atoms with E-state index < -0.39 is 0 Å². The molecule has 0 bridgehead atoms. The molecule has 0 spiro atoms. The number of benzene rings is 3. The van der Waals surface area contributed by atoms with Crippen LogP contribution in [-0.2, 0) is 0 Å². The molecular formula is C19H12ClN3. The summed E-state index contributed by atoms with van der Waals surface area (Å²) >= 11 is 6.46. The Morgan fingerprint density at radius 1 is 0.739 bits per heavy atom. The Labute approximate surface area is 137 Å². The molecule has 110 valence electrons. The lowest BCUT2D eigenvalue weighted by Gasteiger charge is -2.04. The summed E-state index contributed by atoms with van der Waals surface area (Å²) in [6.45, 7) is 0. The first kappa shape index (κ1) is 12.7. The van der Waals surface area contributed by atoms with Gasteiger partial charge in [0.15, 0.2) is 0 Å². The van der Waals surface area contributed by atoms with Gasteiger partial charge in [0, 0.05) is 5.69 Å². The van der Waals surface area contributed by atoms with Crippen molar-refractivity contribution in [1.29, 1.82) is 0 Å². The highest BCUT2D eigenvalue weighted by molar-refractivity contribution is 6.35. The first-order chi connectivity index (χ1) is 11.3. The van der Waals surface area contributed by atoms with E-state index in [1.54, 1.807) is 0 Å². The van der Waals surface area contributed by atoms with Crippen LogP contribution in [0.4, 0.5) is 0 Å². The molecule has 2 heterocycles. The number of hydrogen-bond donors (Lipinski definition) is 0. The van der Waals surface area contributed by atoms with E-state index in [1.807, 2.05) is 48.5 Å². The Kier molecular flexibility index (Phi) is 2.55. The fourth-order valence-corrected chi connectivity index (χ4v) is 3.49. The Bertz CT molecular complexity index is 1170. The number of imidazole rings is 2. The second-order valence-electron chi connectivity index (χ2n) is 5.51. The molecule has 0 aliphatic carbocycles. The average molecular weight is 318 g/mol. The van der Waals surface area contributed by atoms with E-state index in [4.69, 9.17) is 16.6 Å². The first-order valence-corrected chi connectivity index (χ1v) is 7.84. The van der Waals surface area contributed by atoms with Gasteiger partial charge in [-0.2, -0.15) is 0 Å². The van der Waals surface area contributed by atoms with Crippen LogP contribution in [0.3, 0.4) is 0 Å². The maximum Gasteiger partial charge on any atom is 0.220 e. The Balaban J connectivity index is 2.08. The zero-order chi connectivity index (χ0) is 15.4. The van der Waals surface area contributed by atoms with E-state index in [1.165, 1.54) is 0 Å². The predicted octanol–water partition coefficient (Wildman–Crippen LogP) is 5.08. The summed E-state index contributed by atoms with van der Waals surface area (Å²) in [6.07, 6.45) is 0. The van der Waals surface area contributed by atoms with Gasteiger partial charge in [-0.15, -0.1) is 0 Å². The molecule has 0 aliphatic rings. The molecule has 0 N–H and O–H groups in total. The lowest BCUT2D eigenvalue weighted by molar-refractivity contribution is 1.11. The molecule has 3 aromatic carbocycles. The molecular weight excluding hydrogens is 306 g/mol. The third kappa shape index (κ3) is 1.68. The minimum absolute atomic E-state index is 0.714. The van der Waals surface area contributed by atoms with E-state index in [2.05, 4.69) is 33.2 Å². The molecule has 0 saturated heterocycles. The van der Waals surface area contributed by atoms with Gasteiger partial charge < -0.3 is 0 Å². The van der Waals surface area contributed by atoms with E-state index in [0.29, 0.717) is 5.02 Å². The highest BCUT2D eigenvalue weighted by atomic mass is 35.5. The maximum atomic E-state index is 6.46. The predicted molar refractivity (Wildman–Crippen MR) is 94.5 cm³/mol. The van der Waals surface area contributed by atoms with Gasteiger partial charge in [0.25, 0.3) is 0 Å². The molecule has 2 aromatic heterocycles. The topological polar surface area (TPSA) is 22.2 Å². The largest absolute Gasteiger partial charge is 0.278 e. The molecule has 0 amide bonds. The van der Waals surface area contributed by atoms with E-state index in [0.717, 1.165) is 33.5 Å². The Morgan fingerprint density at radius 3 is 2.30 bits per heavy atom. The third-order valence-corrected chi connectivity index (χ3v) is 4.49. The molecule has 0 unspecified atom stereocenters. The van der Waals surface area contributed by atoms with Crippen molar-refractivity contribution < 1.29 is 0 Å². The normalized spacial score (nSPS) is 11.7. The zero-order valence-corrected chi connectivity index (χ0v) is 12.9.